The van der Waals surface area contributed by atoms with Crippen molar-refractivity contribution in [1.29, 1.82) is 0 Å². The summed E-state index contributed by atoms with van der Waals surface area (Å²) in [5.74, 6) is 0. The van der Waals surface area contributed by atoms with Crippen LogP contribution < -0.4 is 11.2 Å². The standard InChI is InChI=1S/C12H16N2O5/c1-2-7-4-14(12(18)13-11(7)17)8-3-9(16)10(5-15)19-6-8/h2,4,8-10,15-16H,1,3,5-6H2,(H,13,17,18)/t8-,9-,10+/m0/s1. The highest BCUT2D eigenvalue weighted by molar-refractivity contribution is 5.43. The van der Waals surface area contributed by atoms with Gasteiger partial charge in [0.05, 0.1) is 30.9 Å². The van der Waals surface area contributed by atoms with Crippen molar-refractivity contribution in [2.45, 2.75) is 24.7 Å². The van der Waals surface area contributed by atoms with Crippen molar-refractivity contribution in [2.24, 2.45) is 0 Å². The third-order valence-electron chi connectivity index (χ3n) is 3.23. The van der Waals surface area contributed by atoms with E-state index in [-0.39, 0.29) is 31.2 Å². The van der Waals surface area contributed by atoms with Crippen LogP contribution in [0.2, 0.25) is 0 Å². The van der Waals surface area contributed by atoms with Gasteiger partial charge in [0.2, 0.25) is 0 Å². The van der Waals surface area contributed by atoms with Crippen LogP contribution >= 0.6 is 0 Å². The van der Waals surface area contributed by atoms with Crippen molar-refractivity contribution in [3.8, 4) is 0 Å². The van der Waals surface area contributed by atoms with Gasteiger partial charge in [0, 0.05) is 6.20 Å². The molecule has 1 aliphatic heterocycles. The van der Waals surface area contributed by atoms with Gasteiger partial charge in [-0.2, -0.15) is 0 Å². The molecule has 1 fully saturated rings. The maximum atomic E-state index is 11.8. The average molecular weight is 268 g/mol. The molecular weight excluding hydrogens is 252 g/mol. The van der Waals surface area contributed by atoms with E-state index >= 15 is 0 Å². The number of hydrogen-bond donors (Lipinski definition) is 3. The number of aliphatic hydroxyl groups is 2. The minimum absolute atomic E-state index is 0.185. The van der Waals surface area contributed by atoms with Crippen LogP contribution in [0, 0.1) is 0 Å². The Balaban J connectivity index is 2.31. The van der Waals surface area contributed by atoms with E-state index in [1.54, 1.807) is 0 Å². The lowest BCUT2D eigenvalue weighted by Crippen LogP contribution is -2.44. The zero-order valence-corrected chi connectivity index (χ0v) is 10.3. The summed E-state index contributed by atoms with van der Waals surface area (Å²) in [6.45, 7) is 3.41. The van der Waals surface area contributed by atoms with Gasteiger partial charge in [-0.05, 0) is 6.42 Å². The van der Waals surface area contributed by atoms with Crippen LogP contribution in [0.1, 0.15) is 18.0 Å². The van der Waals surface area contributed by atoms with Gasteiger partial charge in [-0.15, -0.1) is 0 Å². The largest absolute Gasteiger partial charge is 0.394 e. The number of rotatable bonds is 3. The summed E-state index contributed by atoms with van der Waals surface area (Å²) in [7, 11) is 0. The zero-order chi connectivity index (χ0) is 14.0. The molecule has 0 unspecified atom stereocenters. The van der Waals surface area contributed by atoms with Crippen molar-refractivity contribution in [3.63, 3.8) is 0 Å². The molecule has 1 aliphatic rings. The molecule has 3 N–H and O–H groups in total. The summed E-state index contributed by atoms with van der Waals surface area (Å²) < 4.78 is 6.60. The van der Waals surface area contributed by atoms with E-state index in [9.17, 15) is 14.7 Å². The van der Waals surface area contributed by atoms with Crippen LogP contribution in [0.25, 0.3) is 6.08 Å². The summed E-state index contributed by atoms with van der Waals surface area (Å²) in [5.41, 5.74) is -0.779. The van der Waals surface area contributed by atoms with Crippen molar-refractivity contribution in [1.82, 2.24) is 9.55 Å². The number of H-pyrrole nitrogens is 1. The van der Waals surface area contributed by atoms with Crippen molar-refractivity contribution < 1.29 is 14.9 Å². The van der Waals surface area contributed by atoms with E-state index in [0.717, 1.165) is 0 Å². The smallest absolute Gasteiger partial charge is 0.328 e. The van der Waals surface area contributed by atoms with Crippen LogP contribution in [0.15, 0.2) is 22.4 Å². The number of hydrogen-bond acceptors (Lipinski definition) is 5. The minimum atomic E-state index is -0.852. The van der Waals surface area contributed by atoms with E-state index in [4.69, 9.17) is 9.84 Å². The highest BCUT2D eigenvalue weighted by atomic mass is 16.5. The van der Waals surface area contributed by atoms with Gasteiger partial charge in [0.15, 0.2) is 0 Å². The quantitative estimate of drug-likeness (QED) is 0.643. The zero-order valence-electron chi connectivity index (χ0n) is 10.3. The van der Waals surface area contributed by atoms with Crippen molar-refractivity contribution in [3.05, 3.63) is 39.2 Å². The third kappa shape index (κ3) is 2.67. The first kappa shape index (κ1) is 13.7. The minimum Gasteiger partial charge on any atom is -0.394 e. The Hall–Kier alpha value is -1.70. The number of aliphatic hydroxyl groups excluding tert-OH is 2. The Labute approximate surface area is 108 Å². The molecule has 7 heteroatoms. The molecule has 0 amide bonds. The molecule has 0 aliphatic carbocycles. The predicted octanol–water partition coefficient (Wildman–Crippen LogP) is -1.14. The first-order valence-electron chi connectivity index (χ1n) is 5.95. The van der Waals surface area contributed by atoms with Crippen LogP contribution in [-0.2, 0) is 4.74 Å². The van der Waals surface area contributed by atoms with E-state index in [0.29, 0.717) is 0 Å². The lowest BCUT2D eigenvalue weighted by molar-refractivity contribution is -0.113. The molecular formula is C12H16N2O5. The highest BCUT2D eigenvalue weighted by Crippen LogP contribution is 2.22. The molecule has 104 valence electrons. The normalized spacial score (nSPS) is 27.2. The topological polar surface area (TPSA) is 105 Å². The fraction of sp³-hybridized carbons (Fsp3) is 0.500. The van der Waals surface area contributed by atoms with Crippen LogP contribution in [0.4, 0.5) is 0 Å². The molecule has 1 saturated heterocycles. The van der Waals surface area contributed by atoms with E-state index in [2.05, 4.69) is 11.6 Å². The fourth-order valence-electron chi connectivity index (χ4n) is 2.13. The van der Waals surface area contributed by atoms with Gasteiger partial charge >= 0.3 is 5.69 Å². The first-order chi connectivity index (χ1) is 9.06. The van der Waals surface area contributed by atoms with Crippen LogP contribution in [0.5, 0.6) is 0 Å². The molecule has 0 aromatic carbocycles. The highest BCUT2D eigenvalue weighted by Gasteiger charge is 2.30. The van der Waals surface area contributed by atoms with Gasteiger partial charge < -0.3 is 14.9 Å². The van der Waals surface area contributed by atoms with Gasteiger partial charge in [-0.1, -0.05) is 12.7 Å². The summed E-state index contributed by atoms with van der Waals surface area (Å²) in [4.78, 5) is 25.4. The Morgan fingerprint density at radius 2 is 2.32 bits per heavy atom. The van der Waals surface area contributed by atoms with Gasteiger partial charge in [0.25, 0.3) is 5.56 Å². The Bertz CT molecular complexity index is 576. The summed E-state index contributed by atoms with van der Waals surface area (Å²) in [6.07, 6.45) is 1.54. The predicted molar refractivity (Wildman–Crippen MR) is 67.9 cm³/mol. The summed E-state index contributed by atoms with van der Waals surface area (Å²) in [6, 6.07) is -0.388. The SMILES string of the molecule is C=Cc1cn([C@@H]2CO[C@H](CO)[C@@H](O)C2)c(=O)[nH]c1=O. The monoisotopic (exact) mass is 268 g/mol. The van der Waals surface area contributed by atoms with Crippen LogP contribution in [0.3, 0.4) is 0 Å². The van der Waals surface area contributed by atoms with Crippen molar-refractivity contribution in [2.75, 3.05) is 13.2 Å². The molecule has 19 heavy (non-hydrogen) atoms. The molecule has 1 aromatic rings. The van der Waals surface area contributed by atoms with Gasteiger partial charge in [-0.25, -0.2) is 4.79 Å². The Kier molecular flexibility index (Phi) is 3.98. The van der Waals surface area contributed by atoms with Crippen molar-refractivity contribution >= 4 is 6.08 Å². The fourth-order valence-corrected chi connectivity index (χ4v) is 2.13. The first-order valence-corrected chi connectivity index (χ1v) is 5.95. The lowest BCUT2D eigenvalue weighted by Gasteiger charge is -2.33. The summed E-state index contributed by atoms with van der Waals surface area (Å²) >= 11 is 0. The molecule has 0 radical (unpaired) electrons. The number of nitrogens with zero attached hydrogens (tertiary/aromatic N) is 1. The third-order valence-corrected chi connectivity index (χ3v) is 3.23. The van der Waals surface area contributed by atoms with E-state index in [1.165, 1.54) is 16.8 Å². The van der Waals surface area contributed by atoms with E-state index < -0.39 is 23.5 Å². The summed E-state index contributed by atoms with van der Waals surface area (Å²) in [5, 5.41) is 18.8. The molecule has 0 bridgehead atoms. The number of aromatic nitrogens is 2. The second-order valence-electron chi connectivity index (χ2n) is 4.47. The molecule has 3 atom stereocenters. The Morgan fingerprint density at radius 1 is 1.58 bits per heavy atom. The van der Waals surface area contributed by atoms with Gasteiger partial charge in [-0.3, -0.25) is 14.3 Å². The maximum absolute atomic E-state index is 11.8. The van der Waals surface area contributed by atoms with Gasteiger partial charge in [0.1, 0.15) is 6.10 Å². The van der Waals surface area contributed by atoms with E-state index in [1.807, 2.05) is 0 Å². The van der Waals surface area contributed by atoms with Crippen LogP contribution in [-0.4, -0.2) is 45.2 Å². The average Bonchev–Trinajstić information content (AvgIpc) is 2.39. The number of nitrogens with one attached hydrogen (secondary N) is 1. The molecule has 7 nitrogen and oxygen atoms in total. The molecule has 0 spiro atoms. The lowest BCUT2D eigenvalue weighted by atomic mass is 10.0. The Morgan fingerprint density at radius 3 is 2.89 bits per heavy atom. The molecule has 2 heterocycles. The molecule has 0 saturated carbocycles. The number of aromatic amines is 1. The molecule has 1 aromatic heterocycles. The maximum Gasteiger partial charge on any atom is 0.328 e. The second-order valence-corrected chi connectivity index (χ2v) is 4.47. The number of ether oxygens (including phenoxy) is 1. The second kappa shape index (κ2) is 5.52. The molecule has 2 rings (SSSR count).